The monoisotopic (exact) mass is 356 g/mol. The van der Waals surface area contributed by atoms with Crippen molar-refractivity contribution in [3.8, 4) is 5.75 Å². The number of rotatable bonds is 6. The van der Waals surface area contributed by atoms with Gasteiger partial charge in [0.05, 0.1) is 6.61 Å². The maximum absolute atomic E-state index is 12.4. The van der Waals surface area contributed by atoms with Crippen molar-refractivity contribution in [1.29, 1.82) is 0 Å². The third-order valence-corrected chi connectivity index (χ3v) is 6.22. The van der Waals surface area contributed by atoms with Crippen molar-refractivity contribution in [2.75, 3.05) is 32.8 Å². The fourth-order valence-corrected chi connectivity index (χ4v) is 4.66. The summed E-state index contributed by atoms with van der Waals surface area (Å²) in [6, 6.07) is 8.58. The highest BCUT2D eigenvalue weighted by molar-refractivity contribution is 5.81. The van der Waals surface area contributed by atoms with Crippen LogP contribution in [0, 0.1) is 11.3 Å². The number of hydrogen-bond acceptors (Lipinski definition) is 3. The lowest BCUT2D eigenvalue weighted by atomic mass is 9.79. The average molecular weight is 357 g/mol. The summed E-state index contributed by atoms with van der Waals surface area (Å²) in [5.41, 5.74) is 1.70. The topological polar surface area (TPSA) is 32.8 Å². The van der Waals surface area contributed by atoms with Crippen molar-refractivity contribution in [2.45, 2.75) is 52.0 Å². The highest BCUT2D eigenvalue weighted by Gasteiger charge is 2.45. The van der Waals surface area contributed by atoms with E-state index in [2.05, 4.69) is 41.0 Å². The van der Waals surface area contributed by atoms with Crippen molar-refractivity contribution in [3.05, 3.63) is 29.8 Å². The molecule has 0 unspecified atom stereocenters. The van der Waals surface area contributed by atoms with Crippen LogP contribution in [0.4, 0.5) is 0 Å². The van der Waals surface area contributed by atoms with Gasteiger partial charge in [-0.1, -0.05) is 19.1 Å². The molecule has 4 rings (SSSR count). The third kappa shape index (κ3) is 4.06. The maximum atomic E-state index is 12.4. The Labute approximate surface area is 157 Å². The Morgan fingerprint density at radius 2 is 1.96 bits per heavy atom. The molecule has 1 aromatic carbocycles. The van der Waals surface area contributed by atoms with Crippen molar-refractivity contribution < 1.29 is 9.53 Å². The fraction of sp³-hybridized carbons (Fsp3) is 0.682. The smallest absolute Gasteiger partial charge is 0.225 e. The molecule has 142 valence electrons. The van der Waals surface area contributed by atoms with Gasteiger partial charge in [-0.15, -0.1) is 0 Å². The zero-order chi connectivity index (χ0) is 18.0. The molecule has 2 aliphatic heterocycles. The molecule has 0 aromatic heterocycles. The van der Waals surface area contributed by atoms with E-state index < -0.39 is 0 Å². The van der Waals surface area contributed by atoms with Gasteiger partial charge in [-0.05, 0) is 62.8 Å². The average Bonchev–Trinajstić information content (AvgIpc) is 3.43. The summed E-state index contributed by atoms with van der Waals surface area (Å²) >= 11 is 0. The second-order valence-corrected chi connectivity index (χ2v) is 8.59. The Morgan fingerprint density at radius 3 is 2.69 bits per heavy atom. The lowest BCUT2D eigenvalue weighted by molar-refractivity contribution is -0.132. The first-order valence-electron chi connectivity index (χ1n) is 10.4. The van der Waals surface area contributed by atoms with Crippen LogP contribution in [0.3, 0.4) is 0 Å². The van der Waals surface area contributed by atoms with E-state index >= 15 is 0 Å². The molecule has 0 radical (unpaired) electrons. The number of carbonyl (C=O) groups excluding carboxylic acids is 1. The van der Waals surface area contributed by atoms with Crippen LogP contribution < -0.4 is 4.74 Å². The summed E-state index contributed by atoms with van der Waals surface area (Å²) in [4.78, 5) is 17.2. The zero-order valence-corrected chi connectivity index (χ0v) is 16.1. The first kappa shape index (κ1) is 17.8. The fourth-order valence-electron chi connectivity index (χ4n) is 4.66. The predicted octanol–water partition coefficient (Wildman–Crippen LogP) is 3.70. The highest BCUT2D eigenvalue weighted by atomic mass is 16.5. The van der Waals surface area contributed by atoms with E-state index in [-0.39, 0.29) is 0 Å². The van der Waals surface area contributed by atoms with Crippen LogP contribution in [0.1, 0.15) is 51.0 Å². The van der Waals surface area contributed by atoms with E-state index in [1.807, 2.05) is 0 Å². The van der Waals surface area contributed by atoms with Gasteiger partial charge < -0.3 is 9.64 Å². The van der Waals surface area contributed by atoms with Gasteiger partial charge in [-0.25, -0.2) is 0 Å². The predicted molar refractivity (Wildman–Crippen MR) is 103 cm³/mol. The molecule has 2 heterocycles. The van der Waals surface area contributed by atoms with Crippen LogP contribution in [-0.2, 0) is 11.3 Å². The first-order valence-corrected chi connectivity index (χ1v) is 10.4. The number of piperidine rings is 1. The number of hydrogen-bond donors (Lipinski definition) is 0. The number of amides is 1. The largest absolute Gasteiger partial charge is 0.494 e. The Balaban J connectivity index is 1.33. The van der Waals surface area contributed by atoms with Gasteiger partial charge in [0.25, 0.3) is 0 Å². The maximum Gasteiger partial charge on any atom is 0.225 e. The molecule has 0 N–H and O–H groups in total. The first-order chi connectivity index (χ1) is 12.7. The molecule has 3 aliphatic rings. The standard InChI is InChI=1S/C22H32N2O2/c1-2-14-26-20-8-4-18(5-9-20)15-23-12-3-10-22(16-23)11-13-24(17-22)21(25)19-6-7-19/h4-5,8-9,19H,2-3,6-7,10-17H2,1H3/t22-/m1/s1. The lowest BCUT2D eigenvalue weighted by Crippen LogP contribution is -2.45. The molecule has 2 saturated heterocycles. The molecule has 1 aromatic rings. The molecular formula is C22H32N2O2. The number of carbonyl (C=O) groups is 1. The Bertz CT molecular complexity index is 626. The second-order valence-electron chi connectivity index (χ2n) is 8.59. The summed E-state index contributed by atoms with van der Waals surface area (Å²) in [6.45, 7) is 8.19. The molecule has 1 atom stereocenters. The molecule has 3 fully saturated rings. The molecule has 1 aliphatic carbocycles. The van der Waals surface area contributed by atoms with Gasteiger partial charge in [0.1, 0.15) is 5.75 Å². The van der Waals surface area contributed by atoms with Gasteiger partial charge >= 0.3 is 0 Å². The number of likely N-dealkylation sites (tertiary alicyclic amines) is 2. The van der Waals surface area contributed by atoms with Crippen LogP contribution >= 0.6 is 0 Å². The van der Waals surface area contributed by atoms with Crippen LogP contribution in [0.15, 0.2) is 24.3 Å². The van der Waals surface area contributed by atoms with Gasteiger partial charge in [0.15, 0.2) is 0 Å². The van der Waals surface area contributed by atoms with Gasteiger partial charge in [0.2, 0.25) is 5.91 Å². The minimum atomic E-state index is 0.340. The molecule has 26 heavy (non-hydrogen) atoms. The van der Waals surface area contributed by atoms with Crippen LogP contribution in [-0.4, -0.2) is 48.5 Å². The summed E-state index contributed by atoms with van der Waals surface area (Å²) in [5.74, 6) is 1.76. The van der Waals surface area contributed by atoms with E-state index in [1.165, 1.54) is 31.4 Å². The van der Waals surface area contributed by atoms with Gasteiger partial charge in [-0.3, -0.25) is 9.69 Å². The van der Waals surface area contributed by atoms with E-state index in [0.29, 0.717) is 17.2 Å². The minimum Gasteiger partial charge on any atom is -0.494 e. The van der Waals surface area contributed by atoms with Crippen LogP contribution in [0.5, 0.6) is 5.75 Å². The second kappa shape index (κ2) is 7.59. The van der Waals surface area contributed by atoms with E-state index in [1.54, 1.807) is 0 Å². The van der Waals surface area contributed by atoms with Crippen molar-refractivity contribution >= 4 is 5.91 Å². The Hall–Kier alpha value is -1.55. The van der Waals surface area contributed by atoms with Crippen LogP contribution in [0.2, 0.25) is 0 Å². The summed E-state index contributed by atoms with van der Waals surface area (Å²) in [7, 11) is 0. The summed E-state index contributed by atoms with van der Waals surface area (Å²) in [6.07, 6.45) is 6.99. The molecule has 1 saturated carbocycles. The molecule has 4 nitrogen and oxygen atoms in total. The van der Waals surface area contributed by atoms with Crippen molar-refractivity contribution in [2.24, 2.45) is 11.3 Å². The molecule has 0 bridgehead atoms. The van der Waals surface area contributed by atoms with Crippen molar-refractivity contribution in [3.63, 3.8) is 0 Å². The minimum absolute atomic E-state index is 0.340. The molecular weight excluding hydrogens is 324 g/mol. The summed E-state index contributed by atoms with van der Waals surface area (Å²) in [5, 5.41) is 0. The van der Waals surface area contributed by atoms with Gasteiger partial charge in [-0.2, -0.15) is 0 Å². The van der Waals surface area contributed by atoms with Gasteiger partial charge in [0, 0.05) is 37.5 Å². The number of benzene rings is 1. The molecule has 1 spiro atoms. The quantitative estimate of drug-likeness (QED) is 0.779. The Kier molecular flexibility index (Phi) is 5.21. The Morgan fingerprint density at radius 1 is 1.15 bits per heavy atom. The lowest BCUT2D eigenvalue weighted by Gasteiger charge is -2.40. The molecule has 1 amide bonds. The highest BCUT2D eigenvalue weighted by Crippen LogP contribution is 2.41. The van der Waals surface area contributed by atoms with E-state index in [9.17, 15) is 4.79 Å². The number of ether oxygens (including phenoxy) is 1. The van der Waals surface area contributed by atoms with E-state index in [0.717, 1.165) is 57.8 Å². The summed E-state index contributed by atoms with van der Waals surface area (Å²) < 4.78 is 5.68. The third-order valence-electron chi connectivity index (χ3n) is 6.22. The number of nitrogens with zero attached hydrogens (tertiary/aromatic N) is 2. The van der Waals surface area contributed by atoms with Crippen LogP contribution in [0.25, 0.3) is 0 Å². The normalized spacial score (nSPS) is 26.4. The SMILES string of the molecule is CCCOc1ccc(CN2CCC[C@@]3(CCN(C(=O)C4CC4)C3)C2)cc1. The molecule has 4 heteroatoms. The zero-order valence-electron chi connectivity index (χ0n) is 16.1. The van der Waals surface area contributed by atoms with Crippen molar-refractivity contribution in [1.82, 2.24) is 9.80 Å². The van der Waals surface area contributed by atoms with E-state index in [4.69, 9.17) is 4.74 Å².